The zero-order valence-electron chi connectivity index (χ0n) is 22.6. The summed E-state index contributed by atoms with van der Waals surface area (Å²) in [6.07, 6.45) is 5.04. The molecule has 2 aromatic heterocycles. The van der Waals surface area contributed by atoms with Crippen LogP contribution in [-0.4, -0.2) is 66.3 Å². The van der Waals surface area contributed by atoms with E-state index in [0.29, 0.717) is 41.1 Å². The molecule has 3 saturated heterocycles. The maximum atomic E-state index is 14.0. The Balaban J connectivity index is 1.34. The zero-order chi connectivity index (χ0) is 27.4. The summed E-state index contributed by atoms with van der Waals surface area (Å²) in [5.74, 6) is 0.806. The molecule has 0 radical (unpaired) electrons. The minimum absolute atomic E-state index is 0.233. The Morgan fingerprint density at radius 1 is 1.12 bits per heavy atom. The van der Waals surface area contributed by atoms with Gasteiger partial charge in [0.1, 0.15) is 17.7 Å². The van der Waals surface area contributed by atoms with E-state index in [1.165, 1.54) is 16.2 Å². The fraction of sp³-hybridized carbons (Fsp3) is 0.433. The van der Waals surface area contributed by atoms with Gasteiger partial charge in [0.05, 0.1) is 10.9 Å². The molecule has 3 aliphatic rings. The molecule has 5 heterocycles. The second kappa shape index (κ2) is 10.1. The van der Waals surface area contributed by atoms with Crippen molar-refractivity contribution in [3.05, 3.63) is 63.4 Å². The van der Waals surface area contributed by atoms with Crippen LogP contribution in [0, 0.1) is 11.3 Å². The van der Waals surface area contributed by atoms with E-state index in [1.807, 2.05) is 30.3 Å². The van der Waals surface area contributed by atoms with E-state index in [4.69, 9.17) is 15.7 Å². The number of nitrogens with two attached hydrogens (primary N) is 1. The molecule has 3 fully saturated rings. The van der Waals surface area contributed by atoms with Crippen molar-refractivity contribution in [2.75, 3.05) is 43.9 Å². The first-order chi connectivity index (χ1) is 19.5. The van der Waals surface area contributed by atoms with Crippen LogP contribution in [0.3, 0.4) is 0 Å². The maximum Gasteiger partial charge on any atom is 0.311 e. The predicted octanol–water partition coefficient (Wildman–Crippen LogP) is 3.12. The van der Waals surface area contributed by atoms with E-state index in [9.17, 15) is 10.1 Å². The van der Waals surface area contributed by atoms with Gasteiger partial charge in [0, 0.05) is 46.7 Å². The van der Waals surface area contributed by atoms with Crippen molar-refractivity contribution in [2.24, 2.45) is 0 Å². The Kier molecular flexibility index (Phi) is 6.38. The molecule has 3 aliphatic heterocycles. The van der Waals surface area contributed by atoms with Gasteiger partial charge in [0.2, 0.25) is 0 Å². The lowest BCUT2D eigenvalue weighted by molar-refractivity contribution is 0.0410. The van der Waals surface area contributed by atoms with E-state index in [0.717, 1.165) is 77.7 Å². The molecule has 0 amide bonds. The topological polar surface area (TPSA) is 112 Å². The number of aromatic nitrogens is 2. The van der Waals surface area contributed by atoms with Crippen LogP contribution >= 0.6 is 11.3 Å². The molecular formula is C30H33N7O2S. The largest absolute Gasteiger partial charge is 0.392 e. The molecule has 0 aliphatic carbocycles. The Morgan fingerprint density at radius 3 is 2.60 bits per heavy atom. The molecule has 2 aromatic carbocycles. The number of fused-ring (bicyclic) bond motifs is 4. The van der Waals surface area contributed by atoms with Crippen LogP contribution in [0.15, 0.2) is 41.2 Å². The highest BCUT2D eigenvalue weighted by molar-refractivity contribution is 7.23. The number of nitrogen functional groups attached to an aromatic ring is 1. The average Bonchev–Trinajstić information content (AvgIpc) is 3.63. The number of likely N-dealkylation sites (N-methyl/N-ethyl adjacent to an activating group) is 1. The van der Waals surface area contributed by atoms with Crippen molar-refractivity contribution in [3.8, 4) is 6.07 Å². The Bertz CT molecular complexity index is 1690. The van der Waals surface area contributed by atoms with E-state index in [1.54, 1.807) is 0 Å². The van der Waals surface area contributed by atoms with Crippen LogP contribution in [-0.2, 0) is 6.42 Å². The van der Waals surface area contributed by atoms with Gasteiger partial charge >= 0.3 is 5.56 Å². The van der Waals surface area contributed by atoms with Crippen LogP contribution in [0.25, 0.3) is 20.9 Å². The number of hydrogen-bond acceptors (Lipinski definition) is 9. The lowest BCUT2D eigenvalue weighted by atomic mass is 9.98. The van der Waals surface area contributed by atoms with Gasteiger partial charge in [0.15, 0.2) is 5.82 Å². The summed E-state index contributed by atoms with van der Waals surface area (Å²) in [6, 6.07) is 15.4. The molecule has 9 nitrogen and oxygen atoms in total. The molecular weight excluding hydrogens is 522 g/mol. The van der Waals surface area contributed by atoms with Crippen LogP contribution in [0.4, 0.5) is 10.8 Å². The van der Waals surface area contributed by atoms with Gasteiger partial charge in [-0.3, -0.25) is 9.69 Å². The van der Waals surface area contributed by atoms with Crippen LogP contribution in [0.2, 0.25) is 0 Å². The Hall–Kier alpha value is -3.65. The molecule has 206 valence electrons. The third-order valence-corrected chi connectivity index (χ3v) is 9.97. The lowest BCUT2D eigenvalue weighted by Gasteiger charge is -2.34. The summed E-state index contributed by atoms with van der Waals surface area (Å²) in [5.41, 5.74) is 8.43. The van der Waals surface area contributed by atoms with Crippen LogP contribution in [0.5, 0.6) is 0 Å². The molecule has 10 heteroatoms. The molecule has 0 saturated carbocycles. The predicted molar refractivity (Wildman–Crippen MR) is 159 cm³/mol. The van der Waals surface area contributed by atoms with Crippen LogP contribution in [0.1, 0.15) is 42.4 Å². The van der Waals surface area contributed by atoms with Gasteiger partial charge in [-0.1, -0.05) is 41.2 Å². The van der Waals surface area contributed by atoms with Gasteiger partial charge in [-0.15, -0.1) is 16.4 Å². The number of benzene rings is 2. The van der Waals surface area contributed by atoms with Crippen LogP contribution < -0.4 is 26.3 Å². The SMILES string of the molecule is CN1CCC[C@@H]1COn1nc(N2CC3CCC(C2)N3)c2cccc(Cc3cccc4c(C#N)c(N)sc34)c2c1=O. The highest BCUT2D eigenvalue weighted by Gasteiger charge is 2.34. The van der Waals surface area contributed by atoms with Gasteiger partial charge in [-0.25, -0.2) is 0 Å². The summed E-state index contributed by atoms with van der Waals surface area (Å²) in [6.45, 7) is 3.18. The van der Waals surface area contributed by atoms with Crippen molar-refractivity contribution in [2.45, 2.75) is 50.2 Å². The number of nitrogens with one attached hydrogen (secondary N) is 1. The van der Waals surface area contributed by atoms with Gasteiger partial charge in [0.25, 0.3) is 0 Å². The molecule has 2 unspecified atom stereocenters. The maximum absolute atomic E-state index is 14.0. The monoisotopic (exact) mass is 555 g/mol. The summed E-state index contributed by atoms with van der Waals surface area (Å²) < 4.78 is 0.988. The average molecular weight is 556 g/mol. The minimum atomic E-state index is -0.233. The highest BCUT2D eigenvalue weighted by atomic mass is 32.1. The van der Waals surface area contributed by atoms with Gasteiger partial charge < -0.3 is 20.8 Å². The van der Waals surface area contributed by atoms with Crippen molar-refractivity contribution in [3.63, 3.8) is 0 Å². The Morgan fingerprint density at radius 2 is 1.88 bits per heavy atom. The van der Waals surface area contributed by atoms with E-state index in [-0.39, 0.29) is 11.6 Å². The zero-order valence-corrected chi connectivity index (χ0v) is 23.4. The van der Waals surface area contributed by atoms with E-state index < -0.39 is 0 Å². The molecule has 2 bridgehead atoms. The standard InChI is InChI=1S/C30H33N7O2S/c1-35-12-4-7-22(35)17-39-37-30(38)26-18(13-19-6-3-8-23-25(14-31)28(32)40-27(19)23)5-2-9-24(26)29(34-37)36-15-20-10-11-21(16-36)33-20/h2-3,5-6,8-9,20-22,33H,4,7,10-13,15-17,32H2,1H3/t20?,21?,22-/m1/s1. The minimum Gasteiger partial charge on any atom is -0.392 e. The second-order valence-corrected chi connectivity index (χ2v) is 12.4. The van der Waals surface area contributed by atoms with E-state index in [2.05, 4.69) is 34.3 Å². The smallest absolute Gasteiger partial charge is 0.311 e. The third kappa shape index (κ3) is 4.29. The lowest BCUT2D eigenvalue weighted by Crippen LogP contribution is -2.52. The van der Waals surface area contributed by atoms with Crippen molar-refractivity contribution < 1.29 is 4.84 Å². The summed E-state index contributed by atoms with van der Waals surface area (Å²) in [7, 11) is 2.10. The molecule has 0 spiro atoms. The van der Waals surface area contributed by atoms with Crippen molar-refractivity contribution in [1.82, 2.24) is 20.2 Å². The molecule has 3 N–H and O–H groups in total. The number of hydrogen-bond donors (Lipinski definition) is 2. The number of likely N-dealkylation sites (tertiary alicyclic amines) is 1. The van der Waals surface area contributed by atoms with E-state index >= 15 is 0 Å². The fourth-order valence-electron chi connectivity index (χ4n) is 6.76. The highest BCUT2D eigenvalue weighted by Crippen LogP contribution is 2.37. The Labute approximate surface area is 236 Å². The first-order valence-electron chi connectivity index (χ1n) is 14.1. The number of nitriles is 1. The summed E-state index contributed by atoms with van der Waals surface area (Å²) in [4.78, 5) is 26.1. The summed E-state index contributed by atoms with van der Waals surface area (Å²) in [5, 5.41) is 21.1. The number of rotatable bonds is 6. The molecule has 4 aromatic rings. The van der Waals surface area contributed by atoms with Crippen molar-refractivity contribution >= 4 is 43.0 Å². The number of piperazine rings is 1. The number of nitrogens with zero attached hydrogens (tertiary/aromatic N) is 5. The number of thiophene rings is 1. The summed E-state index contributed by atoms with van der Waals surface area (Å²) >= 11 is 1.43. The quantitative estimate of drug-likeness (QED) is 0.373. The third-order valence-electron chi connectivity index (χ3n) is 8.86. The number of anilines is 2. The van der Waals surface area contributed by atoms with Crippen molar-refractivity contribution in [1.29, 1.82) is 5.26 Å². The first-order valence-corrected chi connectivity index (χ1v) is 14.9. The van der Waals surface area contributed by atoms with Gasteiger partial charge in [-0.2, -0.15) is 5.26 Å². The molecule has 7 rings (SSSR count). The first kappa shape index (κ1) is 25.3. The second-order valence-electron chi connectivity index (χ2n) is 11.4. The fourth-order valence-corrected chi connectivity index (χ4v) is 7.79. The normalized spacial score (nSPS) is 22.8. The molecule has 40 heavy (non-hydrogen) atoms. The molecule has 3 atom stereocenters. The van der Waals surface area contributed by atoms with Gasteiger partial charge in [-0.05, 0) is 56.8 Å².